The fraction of sp³-hybridized carbons (Fsp3) is 0.909. The van der Waals surface area contributed by atoms with Gasteiger partial charge in [0.15, 0.2) is 0 Å². The summed E-state index contributed by atoms with van der Waals surface area (Å²) in [6.07, 6.45) is 7.18. The van der Waals surface area contributed by atoms with Crippen LogP contribution in [-0.2, 0) is 9.53 Å². The van der Waals surface area contributed by atoms with Crippen LogP contribution < -0.4 is 5.32 Å². The summed E-state index contributed by atoms with van der Waals surface area (Å²) in [6.45, 7) is 3.48. The summed E-state index contributed by atoms with van der Waals surface area (Å²) < 4.78 is 5.35. The number of hydrogen-bond donors (Lipinski definition) is 1. The van der Waals surface area contributed by atoms with Crippen molar-refractivity contribution < 1.29 is 9.53 Å². The van der Waals surface area contributed by atoms with E-state index in [9.17, 15) is 4.79 Å². The van der Waals surface area contributed by atoms with Crippen LogP contribution in [0.25, 0.3) is 0 Å². The van der Waals surface area contributed by atoms with Gasteiger partial charge in [-0.1, -0.05) is 12.8 Å². The molecule has 15 heavy (non-hydrogen) atoms. The highest BCUT2D eigenvalue weighted by molar-refractivity contribution is 8.00. The summed E-state index contributed by atoms with van der Waals surface area (Å²) in [5.74, 6) is 0.0113. The molecule has 3 nitrogen and oxygen atoms in total. The van der Waals surface area contributed by atoms with Gasteiger partial charge in [-0.3, -0.25) is 4.79 Å². The quantitative estimate of drug-likeness (QED) is 0.757. The number of carbonyl (C=O) groups is 1. The van der Waals surface area contributed by atoms with Gasteiger partial charge in [0, 0.05) is 17.9 Å². The first-order valence-corrected chi connectivity index (χ1v) is 6.84. The van der Waals surface area contributed by atoms with Crippen LogP contribution in [0, 0.1) is 0 Å². The van der Waals surface area contributed by atoms with Gasteiger partial charge in [-0.05, 0) is 26.0 Å². The zero-order valence-corrected chi connectivity index (χ0v) is 10.5. The number of ether oxygens (including phenoxy) is 1. The minimum atomic E-state index is 0.0113. The van der Waals surface area contributed by atoms with E-state index in [0.717, 1.165) is 6.54 Å². The molecule has 1 saturated carbocycles. The molecule has 1 fully saturated rings. The SMILES string of the molecule is CCOCC(=O)NCC1(SC)CCCC1. The van der Waals surface area contributed by atoms with E-state index in [1.807, 2.05) is 18.7 Å². The van der Waals surface area contributed by atoms with Crippen LogP contribution in [0.3, 0.4) is 0 Å². The highest BCUT2D eigenvalue weighted by Crippen LogP contribution is 2.39. The lowest BCUT2D eigenvalue weighted by atomic mass is 10.1. The molecule has 0 radical (unpaired) electrons. The second kappa shape index (κ2) is 6.38. The number of carbonyl (C=O) groups excluding carboxylic acids is 1. The maximum Gasteiger partial charge on any atom is 0.246 e. The number of rotatable bonds is 6. The fourth-order valence-electron chi connectivity index (χ4n) is 1.98. The second-order valence-electron chi connectivity index (χ2n) is 4.01. The van der Waals surface area contributed by atoms with Gasteiger partial charge in [0.05, 0.1) is 0 Å². The normalized spacial score (nSPS) is 19.1. The van der Waals surface area contributed by atoms with Crippen LogP contribution in [0.1, 0.15) is 32.6 Å². The van der Waals surface area contributed by atoms with Crippen molar-refractivity contribution in [2.75, 3.05) is 26.0 Å². The van der Waals surface area contributed by atoms with Gasteiger partial charge in [-0.25, -0.2) is 0 Å². The first kappa shape index (κ1) is 12.8. The smallest absolute Gasteiger partial charge is 0.246 e. The van der Waals surface area contributed by atoms with E-state index < -0.39 is 0 Å². The zero-order valence-electron chi connectivity index (χ0n) is 9.67. The van der Waals surface area contributed by atoms with Gasteiger partial charge in [0.1, 0.15) is 6.61 Å². The molecular weight excluding hydrogens is 210 g/mol. The van der Waals surface area contributed by atoms with Crippen molar-refractivity contribution in [1.82, 2.24) is 5.32 Å². The Bertz CT molecular complexity index is 203. The van der Waals surface area contributed by atoms with Crippen molar-refractivity contribution in [3.8, 4) is 0 Å². The third kappa shape index (κ3) is 4.03. The Balaban J connectivity index is 2.25. The largest absolute Gasteiger partial charge is 0.372 e. The Labute approximate surface area is 96.3 Å². The monoisotopic (exact) mass is 231 g/mol. The van der Waals surface area contributed by atoms with Gasteiger partial charge in [0.25, 0.3) is 0 Å². The van der Waals surface area contributed by atoms with Gasteiger partial charge in [-0.2, -0.15) is 11.8 Å². The molecule has 0 unspecified atom stereocenters. The Kier molecular flexibility index (Phi) is 5.47. The summed E-state index contributed by atoms with van der Waals surface area (Å²) in [6, 6.07) is 0. The number of amides is 1. The van der Waals surface area contributed by atoms with Gasteiger partial charge in [-0.15, -0.1) is 0 Å². The molecule has 1 N–H and O–H groups in total. The molecule has 0 aromatic heterocycles. The molecular formula is C11H21NO2S. The first-order chi connectivity index (χ1) is 7.22. The minimum Gasteiger partial charge on any atom is -0.372 e. The van der Waals surface area contributed by atoms with Crippen LogP contribution in [-0.4, -0.2) is 36.7 Å². The number of nitrogens with one attached hydrogen (secondary N) is 1. The van der Waals surface area contributed by atoms with Gasteiger partial charge >= 0.3 is 0 Å². The topological polar surface area (TPSA) is 38.3 Å². The van der Waals surface area contributed by atoms with Crippen LogP contribution in [0.15, 0.2) is 0 Å². The van der Waals surface area contributed by atoms with E-state index in [-0.39, 0.29) is 12.5 Å². The molecule has 4 heteroatoms. The van der Waals surface area contributed by atoms with E-state index >= 15 is 0 Å². The van der Waals surface area contributed by atoms with E-state index in [0.29, 0.717) is 11.4 Å². The molecule has 0 aromatic carbocycles. The summed E-state index contributed by atoms with van der Waals surface area (Å²) in [7, 11) is 0. The molecule has 0 saturated heterocycles. The third-order valence-electron chi connectivity index (χ3n) is 2.99. The van der Waals surface area contributed by atoms with Crippen molar-refractivity contribution in [2.24, 2.45) is 0 Å². The third-order valence-corrected chi connectivity index (χ3v) is 4.41. The summed E-state index contributed by atoms with van der Waals surface area (Å²) in [5, 5.41) is 2.97. The maximum atomic E-state index is 11.4. The van der Waals surface area contributed by atoms with Crippen molar-refractivity contribution >= 4 is 17.7 Å². The molecule has 0 heterocycles. The molecule has 1 aliphatic rings. The maximum absolute atomic E-state index is 11.4. The van der Waals surface area contributed by atoms with Crippen LogP contribution in [0.2, 0.25) is 0 Å². The molecule has 0 spiro atoms. The Morgan fingerprint density at radius 1 is 1.47 bits per heavy atom. The van der Waals surface area contributed by atoms with E-state index in [1.54, 1.807) is 0 Å². The molecule has 0 aliphatic heterocycles. The second-order valence-corrected chi connectivity index (χ2v) is 5.28. The Morgan fingerprint density at radius 3 is 2.67 bits per heavy atom. The lowest BCUT2D eigenvalue weighted by molar-refractivity contribution is -0.125. The van der Waals surface area contributed by atoms with Crippen molar-refractivity contribution in [2.45, 2.75) is 37.4 Å². The predicted molar refractivity (Wildman–Crippen MR) is 64.2 cm³/mol. The van der Waals surface area contributed by atoms with Crippen molar-refractivity contribution in [1.29, 1.82) is 0 Å². The first-order valence-electron chi connectivity index (χ1n) is 5.62. The Hall–Kier alpha value is -0.220. The zero-order chi connectivity index (χ0) is 11.1. The van der Waals surface area contributed by atoms with Gasteiger partial charge < -0.3 is 10.1 Å². The molecule has 1 rings (SSSR count). The summed E-state index contributed by atoms with van der Waals surface area (Å²) in [4.78, 5) is 11.4. The summed E-state index contributed by atoms with van der Waals surface area (Å²) >= 11 is 1.89. The highest BCUT2D eigenvalue weighted by Gasteiger charge is 2.32. The lowest BCUT2D eigenvalue weighted by Gasteiger charge is -2.26. The van der Waals surface area contributed by atoms with Gasteiger partial charge in [0.2, 0.25) is 5.91 Å². The van der Waals surface area contributed by atoms with E-state index in [4.69, 9.17) is 4.74 Å². The molecule has 1 aliphatic carbocycles. The van der Waals surface area contributed by atoms with E-state index in [2.05, 4.69) is 11.6 Å². The standard InChI is InChI=1S/C11H21NO2S/c1-3-14-8-10(13)12-9-11(15-2)6-4-5-7-11/h3-9H2,1-2H3,(H,12,13). The van der Waals surface area contributed by atoms with Crippen molar-refractivity contribution in [3.05, 3.63) is 0 Å². The predicted octanol–water partition coefficient (Wildman–Crippen LogP) is 1.81. The van der Waals surface area contributed by atoms with Crippen LogP contribution >= 0.6 is 11.8 Å². The number of thioether (sulfide) groups is 1. The molecule has 1 amide bonds. The van der Waals surface area contributed by atoms with E-state index in [1.165, 1.54) is 25.7 Å². The number of hydrogen-bond acceptors (Lipinski definition) is 3. The van der Waals surface area contributed by atoms with Crippen LogP contribution in [0.4, 0.5) is 0 Å². The summed E-state index contributed by atoms with van der Waals surface area (Å²) in [5.41, 5.74) is 0. The fourth-order valence-corrected chi connectivity index (χ4v) is 2.89. The Morgan fingerprint density at radius 2 is 2.13 bits per heavy atom. The molecule has 0 atom stereocenters. The highest BCUT2D eigenvalue weighted by atomic mass is 32.2. The average Bonchev–Trinajstić information content (AvgIpc) is 2.73. The molecule has 0 bridgehead atoms. The molecule has 0 aromatic rings. The average molecular weight is 231 g/mol. The van der Waals surface area contributed by atoms with Crippen molar-refractivity contribution in [3.63, 3.8) is 0 Å². The lowest BCUT2D eigenvalue weighted by Crippen LogP contribution is -2.39. The molecule has 88 valence electrons. The van der Waals surface area contributed by atoms with Crippen LogP contribution in [0.5, 0.6) is 0 Å². The minimum absolute atomic E-state index is 0.0113.